The van der Waals surface area contributed by atoms with E-state index in [0.29, 0.717) is 11.4 Å². The number of rotatable bonds is 4. The van der Waals surface area contributed by atoms with Gasteiger partial charge >= 0.3 is 0 Å². The molecule has 4 nitrogen and oxygen atoms in total. The van der Waals surface area contributed by atoms with E-state index in [-0.39, 0.29) is 0 Å². The number of benzene rings is 3. The molecule has 124 valence electrons. The van der Waals surface area contributed by atoms with Gasteiger partial charge in [0.25, 0.3) is 0 Å². The van der Waals surface area contributed by atoms with Crippen molar-refractivity contribution in [2.45, 2.75) is 6.92 Å². The molecule has 0 spiro atoms. The number of nitrogens with two attached hydrogens (primary N) is 2. The van der Waals surface area contributed by atoms with Gasteiger partial charge in [0.15, 0.2) is 0 Å². The average Bonchev–Trinajstić information content (AvgIpc) is 2.61. The van der Waals surface area contributed by atoms with E-state index in [2.05, 4.69) is 10.6 Å². The van der Waals surface area contributed by atoms with Crippen LogP contribution in [0.5, 0.6) is 0 Å². The number of hydrogen-bond acceptors (Lipinski definition) is 4. The van der Waals surface area contributed by atoms with Gasteiger partial charge in [-0.1, -0.05) is 42.5 Å². The molecule has 3 aromatic rings. The summed E-state index contributed by atoms with van der Waals surface area (Å²) in [6.45, 7) is 2.71. The number of para-hydroxylation sites is 2. The van der Waals surface area contributed by atoms with Gasteiger partial charge in [-0.15, -0.1) is 0 Å². The third-order valence-electron chi connectivity index (χ3n) is 3.37. The van der Waals surface area contributed by atoms with Crippen LogP contribution in [0.15, 0.2) is 78.9 Å². The molecule has 0 heterocycles. The Balaban J connectivity index is 0.000000198. The lowest BCUT2D eigenvalue weighted by atomic mass is 10.2. The number of hydrogen-bond donors (Lipinski definition) is 4. The van der Waals surface area contributed by atoms with Crippen LogP contribution in [0.4, 0.5) is 22.7 Å². The summed E-state index contributed by atoms with van der Waals surface area (Å²) in [4.78, 5) is 0. The molecule has 3 aromatic carbocycles. The van der Waals surface area contributed by atoms with E-state index in [1.807, 2.05) is 85.8 Å². The third-order valence-corrected chi connectivity index (χ3v) is 3.37. The number of nitrogens with one attached hydrogen (secondary N) is 2. The summed E-state index contributed by atoms with van der Waals surface area (Å²) in [5.74, 6) is 0. The van der Waals surface area contributed by atoms with Crippen molar-refractivity contribution in [3.63, 3.8) is 0 Å². The minimum Gasteiger partial charge on any atom is -0.397 e. The Bertz CT molecular complexity index is 688. The molecule has 0 atom stereocenters. The first-order valence-corrected chi connectivity index (χ1v) is 7.84. The molecule has 0 radical (unpaired) electrons. The van der Waals surface area contributed by atoms with E-state index in [4.69, 9.17) is 11.5 Å². The zero-order chi connectivity index (χ0) is 17.2. The largest absolute Gasteiger partial charge is 0.397 e. The van der Waals surface area contributed by atoms with Gasteiger partial charge in [-0.05, 0) is 48.9 Å². The van der Waals surface area contributed by atoms with Crippen molar-refractivity contribution in [2.24, 2.45) is 0 Å². The summed E-state index contributed by atoms with van der Waals surface area (Å²) >= 11 is 0. The molecular formula is C20H24N4. The topological polar surface area (TPSA) is 76.1 Å². The van der Waals surface area contributed by atoms with Gasteiger partial charge in [0, 0.05) is 11.4 Å². The lowest BCUT2D eigenvalue weighted by molar-refractivity contribution is 1.22. The smallest absolute Gasteiger partial charge is 0.0849 e. The molecule has 0 saturated carbocycles. The van der Waals surface area contributed by atoms with Crippen LogP contribution in [0.2, 0.25) is 0 Å². The molecule has 24 heavy (non-hydrogen) atoms. The van der Waals surface area contributed by atoms with Gasteiger partial charge in [-0.3, -0.25) is 0 Å². The van der Waals surface area contributed by atoms with Crippen LogP contribution < -0.4 is 22.1 Å². The van der Waals surface area contributed by atoms with Crippen molar-refractivity contribution in [3.8, 4) is 0 Å². The maximum atomic E-state index is 5.50. The van der Waals surface area contributed by atoms with Crippen LogP contribution in [-0.4, -0.2) is 6.67 Å². The minimum absolute atomic E-state index is 0.653. The van der Waals surface area contributed by atoms with Crippen molar-refractivity contribution < 1.29 is 0 Å². The fraction of sp³-hybridized carbons (Fsp3) is 0.100. The monoisotopic (exact) mass is 320 g/mol. The lowest BCUT2D eigenvalue weighted by Gasteiger charge is -2.08. The van der Waals surface area contributed by atoms with Crippen LogP contribution >= 0.6 is 0 Å². The SMILES string of the molecule is Cc1ccc(N)c(N)c1.c1ccc(NCNc2ccccc2)cc1. The summed E-state index contributed by atoms with van der Waals surface area (Å²) in [7, 11) is 0. The van der Waals surface area contributed by atoms with Gasteiger partial charge in [-0.25, -0.2) is 0 Å². The predicted octanol–water partition coefficient (Wildman–Crippen LogP) is 4.33. The second-order valence-electron chi connectivity index (χ2n) is 5.39. The highest BCUT2D eigenvalue weighted by Crippen LogP contribution is 2.14. The first-order chi connectivity index (χ1) is 11.6. The molecule has 0 amide bonds. The summed E-state index contributed by atoms with van der Waals surface area (Å²) in [6, 6.07) is 25.9. The van der Waals surface area contributed by atoms with Crippen LogP contribution in [-0.2, 0) is 0 Å². The zero-order valence-electron chi connectivity index (χ0n) is 13.9. The quantitative estimate of drug-likeness (QED) is 0.426. The van der Waals surface area contributed by atoms with Crippen LogP contribution in [0.3, 0.4) is 0 Å². The fourth-order valence-electron chi connectivity index (χ4n) is 2.05. The molecule has 0 bridgehead atoms. The molecule has 0 aliphatic carbocycles. The number of nitrogen functional groups attached to an aromatic ring is 2. The number of aryl methyl sites for hydroxylation is 1. The minimum atomic E-state index is 0.653. The lowest BCUT2D eigenvalue weighted by Crippen LogP contribution is -2.11. The Kier molecular flexibility index (Phi) is 6.53. The highest BCUT2D eigenvalue weighted by molar-refractivity contribution is 5.63. The molecule has 6 N–H and O–H groups in total. The Morgan fingerprint density at radius 2 is 1.17 bits per heavy atom. The second kappa shape index (κ2) is 9.10. The maximum Gasteiger partial charge on any atom is 0.0849 e. The summed E-state index contributed by atoms with van der Waals surface area (Å²) in [5.41, 5.74) is 15.7. The fourth-order valence-corrected chi connectivity index (χ4v) is 2.05. The van der Waals surface area contributed by atoms with Crippen LogP contribution in [0.25, 0.3) is 0 Å². The highest BCUT2D eigenvalue weighted by Gasteiger charge is 1.91. The molecule has 0 aromatic heterocycles. The van der Waals surface area contributed by atoms with Crippen molar-refractivity contribution >= 4 is 22.7 Å². The molecule has 3 rings (SSSR count). The third kappa shape index (κ3) is 5.93. The summed E-state index contributed by atoms with van der Waals surface area (Å²) in [5, 5.41) is 6.56. The van der Waals surface area contributed by atoms with Crippen LogP contribution in [0.1, 0.15) is 5.56 Å². The molecule has 0 aliphatic rings. The zero-order valence-corrected chi connectivity index (χ0v) is 13.9. The Morgan fingerprint density at radius 3 is 1.58 bits per heavy atom. The van der Waals surface area contributed by atoms with Crippen molar-refractivity contribution in [2.75, 3.05) is 28.8 Å². The van der Waals surface area contributed by atoms with Gasteiger partial charge in [0.2, 0.25) is 0 Å². The second-order valence-corrected chi connectivity index (χ2v) is 5.39. The van der Waals surface area contributed by atoms with E-state index in [0.717, 1.165) is 23.6 Å². The van der Waals surface area contributed by atoms with E-state index < -0.39 is 0 Å². The maximum absolute atomic E-state index is 5.50. The average molecular weight is 320 g/mol. The van der Waals surface area contributed by atoms with Crippen LogP contribution in [0, 0.1) is 6.92 Å². The number of anilines is 4. The standard InChI is InChI=1S/C13H14N2.C7H10N2/c1-3-7-12(8-4-1)14-11-15-13-9-5-2-6-10-13;1-5-2-3-6(8)7(9)4-5/h1-10,14-15H,11H2;2-4H,8-9H2,1H3. The molecule has 4 heteroatoms. The molecule has 0 fully saturated rings. The van der Waals surface area contributed by atoms with E-state index in [9.17, 15) is 0 Å². The normalized spacial score (nSPS) is 9.54. The van der Waals surface area contributed by atoms with E-state index >= 15 is 0 Å². The predicted molar refractivity (Wildman–Crippen MR) is 105 cm³/mol. The van der Waals surface area contributed by atoms with Crippen molar-refractivity contribution in [1.29, 1.82) is 0 Å². The Morgan fingerprint density at radius 1 is 0.667 bits per heavy atom. The van der Waals surface area contributed by atoms with Crippen molar-refractivity contribution in [3.05, 3.63) is 84.4 Å². The highest BCUT2D eigenvalue weighted by atomic mass is 15.1. The molecule has 0 saturated heterocycles. The first-order valence-electron chi connectivity index (χ1n) is 7.84. The van der Waals surface area contributed by atoms with Gasteiger partial charge in [0.1, 0.15) is 0 Å². The summed E-state index contributed by atoms with van der Waals surface area (Å²) in [6.07, 6.45) is 0. The molecule has 0 unspecified atom stereocenters. The van der Waals surface area contributed by atoms with Gasteiger partial charge in [0.05, 0.1) is 18.0 Å². The Labute approximate surface area is 143 Å². The van der Waals surface area contributed by atoms with Crippen molar-refractivity contribution in [1.82, 2.24) is 0 Å². The van der Waals surface area contributed by atoms with Gasteiger partial charge in [-0.2, -0.15) is 0 Å². The first kappa shape index (κ1) is 17.2. The van der Waals surface area contributed by atoms with E-state index in [1.54, 1.807) is 0 Å². The van der Waals surface area contributed by atoms with E-state index in [1.165, 1.54) is 0 Å². The Hall–Kier alpha value is -3.14. The molecule has 0 aliphatic heterocycles. The molecular weight excluding hydrogens is 296 g/mol. The summed E-state index contributed by atoms with van der Waals surface area (Å²) < 4.78 is 0. The van der Waals surface area contributed by atoms with Gasteiger partial charge < -0.3 is 22.1 Å².